The monoisotopic (exact) mass is 462 g/mol. The number of H-pyrrole nitrogens is 1. The van der Waals surface area contributed by atoms with Gasteiger partial charge in [0, 0.05) is 12.0 Å². The van der Waals surface area contributed by atoms with Crippen molar-refractivity contribution in [2.24, 2.45) is 0 Å². The number of rotatable bonds is 4. The number of alkyl halides is 1. The summed E-state index contributed by atoms with van der Waals surface area (Å²) in [5, 5.41) is 7.21. The van der Waals surface area contributed by atoms with Crippen molar-refractivity contribution in [1.82, 2.24) is 9.55 Å². The summed E-state index contributed by atoms with van der Waals surface area (Å²) in [6.07, 6.45) is -2.86. The number of nitrogens with zero attached hydrogens (tertiary/aromatic N) is 1. The number of aromatic amines is 1. The number of nitrogens with one attached hydrogen (secondary N) is 1. The highest BCUT2D eigenvalue weighted by Gasteiger charge is 2.63. The molecule has 1 saturated heterocycles. The number of hydrogen-bond acceptors (Lipinski definition) is 8. The molecule has 2 aromatic rings. The number of fused-ring (bicyclic) bond motifs is 1. The van der Waals surface area contributed by atoms with E-state index in [2.05, 4.69) is 0 Å². The minimum absolute atomic E-state index is 0.113. The Morgan fingerprint density at radius 3 is 2.75 bits per heavy atom. The molecule has 0 saturated carbocycles. The zero-order chi connectivity index (χ0) is 23.5. The fourth-order valence-electron chi connectivity index (χ4n) is 3.23. The summed E-state index contributed by atoms with van der Waals surface area (Å²) >= 11 is 0. The number of benzene rings is 1. The van der Waals surface area contributed by atoms with Gasteiger partial charge < -0.3 is 14.4 Å². The van der Waals surface area contributed by atoms with E-state index in [-0.39, 0.29) is 16.9 Å². The van der Waals surface area contributed by atoms with Crippen molar-refractivity contribution >= 4 is 31.4 Å². The molecule has 4 rings (SSSR count). The van der Waals surface area contributed by atoms with Crippen molar-refractivity contribution in [2.75, 3.05) is 0 Å². The van der Waals surface area contributed by atoms with Gasteiger partial charge in [0.05, 0.1) is 24.3 Å². The van der Waals surface area contributed by atoms with Crippen LogP contribution in [0.5, 0.6) is 5.75 Å². The smallest absolute Gasteiger partial charge is 0.404 e. The van der Waals surface area contributed by atoms with E-state index in [9.17, 15) is 23.7 Å². The van der Waals surface area contributed by atoms with Gasteiger partial charge in [-0.05, 0) is 6.07 Å². The van der Waals surface area contributed by atoms with E-state index in [0.717, 1.165) is 0 Å². The molecule has 10 nitrogen and oxygen atoms in total. The first-order valence-electron chi connectivity index (χ1n) is 8.97. The summed E-state index contributed by atoms with van der Waals surface area (Å²) in [4.78, 5) is 24.9. The van der Waals surface area contributed by atoms with Gasteiger partial charge >= 0.3 is 13.5 Å². The zero-order valence-corrected chi connectivity index (χ0v) is 17.0. The molecule has 1 aromatic heterocycles. The lowest BCUT2D eigenvalue weighted by molar-refractivity contribution is -0.219. The van der Waals surface area contributed by atoms with Crippen molar-refractivity contribution in [3.8, 4) is 5.75 Å². The highest BCUT2D eigenvalue weighted by atomic mass is 31.2. The second-order valence-corrected chi connectivity index (χ2v) is 8.73. The minimum atomic E-state index is -4.59. The molecular weight excluding hydrogens is 450 g/mol. The highest BCUT2D eigenvalue weighted by Crippen LogP contribution is 2.59. The highest BCUT2D eigenvalue weighted by molar-refractivity contribution is 7.49. The van der Waals surface area contributed by atoms with Crippen LogP contribution in [0, 0.1) is 5.82 Å². The van der Waals surface area contributed by atoms with Gasteiger partial charge in [-0.2, -0.15) is 4.39 Å². The molecule has 4 atom stereocenters. The largest absolute Gasteiger partial charge is 0.529 e. The van der Waals surface area contributed by atoms with E-state index in [1.165, 1.54) is 6.07 Å². The zero-order valence-electron chi connectivity index (χ0n) is 16.1. The predicted octanol–water partition coefficient (Wildman–Crippen LogP) is -0.374. The number of para-hydroxylation sites is 1. The van der Waals surface area contributed by atoms with Gasteiger partial charge in [0.1, 0.15) is 34.9 Å². The van der Waals surface area contributed by atoms with Crippen molar-refractivity contribution < 1.29 is 36.8 Å². The SMILES string of the molecule is [B]C([B])(OP1(=O)OCc2ccccc2O1)[C@]1(F)C[C@@H](O)[C@]([B])(n2cc(F)c(=O)[nH]c2=O)O1. The summed E-state index contributed by atoms with van der Waals surface area (Å²) in [6.45, 7) is -0.237. The number of phosphoric ester groups is 1. The lowest BCUT2D eigenvalue weighted by Crippen LogP contribution is -2.56. The Morgan fingerprint density at radius 1 is 1.34 bits per heavy atom. The van der Waals surface area contributed by atoms with Crippen LogP contribution in [-0.4, -0.2) is 55.6 Å². The fraction of sp³-hybridized carbons (Fsp3) is 0.375. The van der Waals surface area contributed by atoms with Crippen LogP contribution in [0.25, 0.3) is 0 Å². The molecule has 2 N–H and O–H groups in total. The van der Waals surface area contributed by atoms with Crippen LogP contribution < -0.4 is 15.8 Å². The number of ether oxygens (including phenoxy) is 1. The third kappa shape index (κ3) is 3.67. The molecule has 2 aliphatic rings. The first kappa shape index (κ1) is 23.0. The van der Waals surface area contributed by atoms with E-state index in [1.807, 2.05) is 0 Å². The second-order valence-electron chi connectivity index (χ2n) is 7.21. The molecule has 0 amide bonds. The summed E-state index contributed by atoms with van der Waals surface area (Å²) in [5.41, 5.74) is -4.97. The molecule has 0 bridgehead atoms. The quantitative estimate of drug-likeness (QED) is 0.466. The van der Waals surface area contributed by atoms with Gasteiger partial charge in [0.15, 0.2) is 0 Å². The lowest BCUT2D eigenvalue weighted by Gasteiger charge is -2.41. The topological polar surface area (TPSA) is 129 Å². The number of hydrogen-bond donors (Lipinski definition) is 2. The van der Waals surface area contributed by atoms with E-state index in [4.69, 9.17) is 41.8 Å². The molecule has 1 fully saturated rings. The average molecular weight is 462 g/mol. The summed E-state index contributed by atoms with van der Waals surface area (Å²) in [7, 11) is 12.6. The lowest BCUT2D eigenvalue weighted by atomic mass is 9.60. The molecule has 0 spiro atoms. The van der Waals surface area contributed by atoms with Gasteiger partial charge in [-0.25, -0.2) is 13.8 Å². The van der Waals surface area contributed by atoms with Crippen LogP contribution >= 0.6 is 7.82 Å². The van der Waals surface area contributed by atoms with Crippen molar-refractivity contribution in [3.05, 3.63) is 62.7 Å². The molecule has 162 valence electrons. The van der Waals surface area contributed by atoms with Crippen LogP contribution in [0.1, 0.15) is 12.0 Å². The Balaban J connectivity index is 1.63. The summed E-state index contributed by atoms with van der Waals surface area (Å²) < 4.78 is 62.6. The number of aliphatic hydroxyl groups excluding tert-OH is 1. The molecule has 0 aliphatic carbocycles. The third-order valence-electron chi connectivity index (χ3n) is 4.94. The van der Waals surface area contributed by atoms with Crippen molar-refractivity contribution in [1.29, 1.82) is 0 Å². The molecule has 6 radical (unpaired) electrons. The normalized spacial score (nSPS) is 32.3. The van der Waals surface area contributed by atoms with Gasteiger partial charge in [-0.15, -0.1) is 0 Å². The maximum atomic E-state index is 15.7. The Kier molecular flexibility index (Phi) is 5.34. The first-order valence-corrected chi connectivity index (χ1v) is 10.4. The second kappa shape index (κ2) is 7.42. The Morgan fingerprint density at radius 2 is 2.03 bits per heavy atom. The van der Waals surface area contributed by atoms with E-state index in [1.54, 1.807) is 23.2 Å². The summed E-state index contributed by atoms with van der Waals surface area (Å²) in [6, 6.07) is 6.31. The maximum absolute atomic E-state index is 15.7. The van der Waals surface area contributed by atoms with E-state index in [0.29, 0.717) is 11.8 Å². The molecule has 2 aliphatic heterocycles. The van der Waals surface area contributed by atoms with Gasteiger partial charge in [-0.1, -0.05) is 18.2 Å². The standard InChI is InChI=1S/C16H12B3F2N2O8P/c17-15(23-6-9(20)12(25)22-13(23)26)11(24)5-14(21,30-15)16(18,19)31-32(27)28-7-8-3-1-2-4-10(8)29-32/h1-4,6,11,24H,5,7H2,(H,22,25,26)/t11-,14+,15+,32?/m1/s1. The third-order valence-corrected chi connectivity index (χ3v) is 6.33. The average Bonchev–Trinajstić information content (AvgIpc) is 2.94. The summed E-state index contributed by atoms with van der Waals surface area (Å²) in [5.74, 6) is -4.76. The van der Waals surface area contributed by atoms with Crippen LogP contribution in [0.15, 0.2) is 40.1 Å². The molecule has 1 unspecified atom stereocenters. The van der Waals surface area contributed by atoms with Crippen LogP contribution in [0.4, 0.5) is 8.78 Å². The number of phosphoric acid groups is 1. The molecular formula is C16H12B3F2N2O8P. The van der Waals surface area contributed by atoms with Crippen molar-refractivity contribution in [2.45, 2.75) is 36.0 Å². The van der Waals surface area contributed by atoms with Crippen LogP contribution in [0.2, 0.25) is 0 Å². The first-order chi connectivity index (χ1) is 14.8. The van der Waals surface area contributed by atoms with Gasteiger partial charge in [-0.3, -0.25) is 23.4 Å². The Hall–Kier alpha value is -2.18. The number of halogens is 2. The maximum Gasteiger partial charge on any atom is 0.529 e. The van der Waals surface area contributed by atoms with Gasteiger partial charge in [0.2, 0.25) is 11.7 Å². The molecule has 16 heteroatoms. The number of aromatic nitrogens is 2. The predicted molar refractivity (Wildman–Crippen MR) is 105 cm³/mol. The molecule has 32 heavy (non-hydrogen) atoms. The molecule has 3 heterocycles. The van der Waals surface area contributed by atoms with E-state index < -0.39 is 54.3 Å². The molecule has 1 aromatic carbocycles. The Bertz CT molecular complexity index is 1240. The van der Waals surface area contributed by atoms with E-state index >= 15 is 4.39 Å². The van der Waals surface area contributed by atoms with Crippen LogP contribution in [0.3, 0.4) is 0 Å². The fourth-order valence-corrected chi connectivity index (χ4v) is 4.59. The minimum Gasteiger partial charge on any atom is -0.404 e. The Labute approximate surface area is 182 Å². The van der Waals surface area contributed by atoms with Gasteiger partial charge in [0.25, 0.3) is 5.56 Å². The van der Waals surface area contributed by atoms with Crippen molar-refractivity contribution in [3.63, 3.8) is 0 Å². The number of aliphatic hydroxyl groups is 1. The van der Waals surface area contributed by atoms with Crippen LogP contribution in [-0.2, 0) is 30.6 Å².